The highest BCUT2D eigenvalue weighted by Gasteiger charge is 2.17. The molecule has 1 amide bonds. The van der Waals surface area contributed by atoms with E-state index in [-0.39, 0.29) is 0 Å². The van der Waals surface area contributed by atoms with Crippen LogP contribution < -0.4 is 10.1 Å². The van der Waals surface area contributed by atoms with E-state index < -0.39 is 18.5 Å². The standard InChI is InChI=1S/C31H23BrN2O4/c32-23-12-14-24(15-13-23)33-30(35)20-38-31(36)27-18-29(34-28-9-5-4-8-26(27)28)22-10-16-25(17-11-22)37-19-21-6-2-1-3-7-21/h1-18H,19-20H2,(H,33,35). The summed E-state index contributed by atoms with van der Waals surface area (Å²) in [5, 5.41) is 3.37. The van der Waals surface area contributed by atoms with E-state index in [0.717, 1.165) is 21.3 Å². The molecule has 4 aromatic carbocycles. The highest BCUT2D eigenvalue weighted by molar-refractivity contribution is 9.10. The van der Waals surface area contributed by atoms with Crippen LogP contribution in [0.3, 0.4) is 0 Å². The number of nitrogens with zero attached hydrogens (tertiary/aromatic N) is 1. The Balaban J connectivity index is 1.31. The summed E-state index contributed by atoms with van der Waals surface area (Å²) < 4.78 is 12.2. The molecule has 0 fully saturated rings. The second kappa shape index (κ2) is 11.7. The summed E-state index contributed by atoms with van der Waals surface area (Å²) in [5.41, 5.74) is 4.13. The van der Waals surface area contributed by atoms with Gasteiger partial charge in [-0.1, -0.05) is 64.5 Å². The van der Waals surface area contributed by atoms with Crippen LogP contribution in [0.5, 0.6) is 5.75 Å². The molecule has 0 saturated carbocycles. The minimum Gasteiger partial charge on any atom is -0.489 e. The predicted octanol–water partition coefficient (Wildman–Crippen LogP) is 7.04. The number of amides is 1. The molecular weight excluding hydrogens is 544 g/mol. The molecule has 0 spiro atoms. The van der Waals surface area contributed by atoms with Gasteiger partial charge in [-0.15, -0.1) is 0 Å². The molecule has 0 aliphatic heterocycles. The first-order valence-electron chi connectivity index (χ1n) is 11.9. The molecule has 0 radical (unpaired) electrons. The molecule has 5 rings (SSSR count). The van der Waals surface area contributed by atoms with Crippen LogP contribution in [0.2, 0.25) is 0 Å². The Labute approximate surface area is 228 Å². The third-order valence-corrected chi connectivity index (χ3v) is 6.33. The molecule has 0 aliphatic rings. The number of halogens is 1. The van der Waals surface area contributed by atoms with Gasteiger partial charge in [0, 0.05) is 21.1 Å². The fourth-order valence-corrected chi connectivity index (χ4v) is 4.16. The third-order valence-electron chi connectivity index (χ3n) is 5.80. The number of rotatable bonds is 8. The van der Waals surface area contributed by atoms with E-state index in [1.54, 1.807) is 18.2 Å². The molecule has 0 saturated heterocycles. The van der Waals surface area contributed by atoms with E-state index in [1.807, 2.05) is 91.0 Å². The van der Waals surface area contributed by atoms with E-state index in [9.17, 15) is 9.59 Å². The zero-order valence-corrected chi connectivity index (χ0v) is 21.9. The molecular formula is C31H23BrN2O4. The fourth-order valence-electron chi connectivity index (χ4n) is 3.89. The average Bonchev–Trinajstić information content (AvgIpc) is 2.96. The van der Waals surface area contributed by atoms with Crippen LogP contribution >= 0.6 is 15.9 Å². The predicted molar refractivity (Wildman–Crippen MR) is 151 cm³/mol. The number of hydrogen-bond acceptors (Lipinski definition) is 5. The number of anilines is 1. The first-order valence-corrected chi connectivity index (χ1v) is 12.7. The number of hydrogen-bond donors (Lipinski definition) is 1. The summed E-state index contributed by atoms with van der Waals surface area (Å²) in [6.45, 7) is 0.0636. The zero-order chi connectivity index (χ0) is 26.3. The number of carbonyl (C=O) groups is 2. The lowest BCUT2D eigenvalue weighted by molar-refractivity contribution is -0.119. The topological polar surface area (TPSA) is 77.5 Å². The van der Waals surface area contributed by atoms with Gasteiger partial charge >= 0.3 is 5.97 Å². The van der Waals surface area contributed by atoms with Crippen molar-refractivity contribution >= 4 is 44.4 Å². The van der Waals surface area contributed by atoms with Crippen molar-refractivity contribution in [1.82, 2.24) is 4.98 Å². The van der Waals surface area contributed by atoms with E-state index >= 15 is 0 Å². The number of pyridine rings is 1. The molecule has 0 atom stereocenters. The number of esters is 1. The van der Waals surface area contributed by atoms with Gasteiger partial charge in [0.2, 0.25) is 0 Å². The summed E-state index contributed by atoms with van der Waals surface area (Å²) in [6, 6.07) is 33.7. The first-order chi connectivity index (χ1) is 18.5. The fraction of sp³-hybridized carbons (Fsp3) is 0.0645. The summed E-state index contributed by atoms with van der Waals surface area (Å²) in [4.78, 5) is 30.1. The van der Waals surface area contributed by atoms with Crippen LogP contribution in [0.25, 0.3) is 22.2 Å². The van der Waals surface area contributed by atoms with Crippen LogP contribution in [0, 0.1) is 0 Å². The Morgan fingerprint density at radius 1 is 0.816 bits per heavy atom. The maximum atomic E-state index is 13.1. The summed E-state index contributed by atoms with van der Waals surface area (Å²) >= 11 is 3.36. The number of nitrogens with one attached hydrogen (secondary N) is 1. The molecule has 6 nitrogen and oxygen atoms in total. The van der Waals surface area contributed by atoms with Crippen molar-refractivity contribution in [2.45, 2.75) is 6.61 Å². The molecule has 1 heterocycles. The van der Waals surface area contributed by atoms with Crippen LogP contribution in [-0.4, -0.2) is 23.5 Å². The van der Waals surface area contributed by atoms with Crippen LogP contribution in [0.1, 0.15) is 15.9 Å². The third kappa shape index (κ3) is 6.25. The van der Waals surface area contributed by atoms with E-state index in [0.29, 0.717) is 34.5 Å². The second-order valence-corrected chi connectivity index (χ2v) is 9.42. The van der Waals surface area contributed by atoms with E-state index in [1.165, 1.54) is 0 Å². The maximum Gasteiger partial charge on any atom is 0.339 e. The smallest absolute Gasteiger partial charge is 0.339 e. The summed E-state index contributed by atoms with van der Waals surface area (Å²) in [6.07, 6.45) is 0. The minimum absolute atomic E-state index is 0.339. The van der Waals surface area contributed by atoms with Crippen molar-refractivity contribution in [3.05, 3.63) is 125 Å². The van der Waals surface area contributed by atoms with Gasteiger partial charge in [0.15, 0.2) is 6.61 Å². The van der Waals surface area contributed by atoms with Crippen molar-refractivity contribution in [3.63, 3.8) is 0 Å². The van der Waals surface area contributed by atoms with Gasteiger partial charge in [0.1, 0.15) is 12.4 Å². The summed E-state index contributed by atoms with van der Waals surface area (Å²) in [7, 11) is 0. The Morgan fingerprint density at radius 2 is 1.53 bits per heavy atom. The van der Waals surface area contributed by atoms with Gasteiger partial charge < -0.3 is 14.8 Å². The Bertz CT molecular complexity index is 1570. The maximum absolute atomic E-state index is 13.1. The van der Waals surface area contributed by atoms with E-state index in [4.69, 9.17) is 14.5 Å². The van der Waals surface area contributed by atoms with Crippen molar-refractivity contribution in [2.24, 2.45) is 0 Å². The summed E-state index contributed by atoms with van der Waals surface area (Å²) in [5.74, 6) is -0.293. The number of ether oxygens (including phenoxy) is 2. The van der Waals surface area contributed by atoms with E-state index in [2.05, 4.69) is 21.2 Å². The van der Waals surface area contributed by atoms with Gasteiger partial charge in [-0.05, 0) is 66.2 Å². The van der Waals surface area contributed by atoms with Crippen molar-refractivity contribution < 1.29 is 19.1 Å². The molecule has 188 valence electrons. The number of para-hydroxylation sites is 1. The molecule has 0 unspecified atom stereocenters. The molecule has 38 heavy (non-hydrogen) atoms. The molecule has 1 aromatic heterocycles. The Kier molecular flexibility index (Phi) is 7.75. The molecule has 5 aromatic rings. The quantitative estimate of drug-likeness (QED) is 0.204. The SMILES string of the molecule is O=C(COC(=O)c1cc(-c2ccc(OCc3ccccc3)cc2)nc2ccccc12)Nc1ccc(Br)cc1. The number of fused-ring (bicyclic) bond motifs is 1. The normalized spacial score (nSPS) is 10.7. The highest BCUT2D eigenvalue weighted by Crippen LogP contribution is 2.27. The van der Waals surface area contributed by atoms with Gasteiger partial charge in [-0.2, -0.15) is 0 Å². The van der Waals surface area contributed by atoms with Crippen molar-refractivity contribution in [2.75, 3.05) is 11.9 Å². The molecule has 0 bridgehead atoms. The lowest BCUT2D eigenvalue weighted by Gasteiger charge is -2.11. The van der Waals surface area contributed by atoms with Crippen LogP contribution in [0.15, 0.2) is 114 Å². The largest absolute Gasteiger partial charge is 0.489 e. The Hall–Kier alpha value is -4.49. The Morgan fingerprint density at radius 3 is 2.29 bits per heavy atom. The minimum atomic E-state index is -0.598. The van der Waals surface area contributed by atoms with Gasteiger partial charge in [-0.25, -0.2) is 9.78 Å². The van der Waals surface area contributed by atoms with Gasteiger partial charge in [0.05, 0.1) is 16.8 Å². The number of aromatic nitrogens is 1. The molecule has 1 N–H and O–H groups in total. The zero-order valence-electron chi connectivity index (χ0n) is 20.3. The lowest BCUT2D eigenvalue weighted by atomic mass is 10.0. The number of carbonyl (C=O) groups excluding carboxylic acids is 2. The first kappa shape index (κ1) is 25.2. The average molecular weight is 567 g/mol. The van der Waals surface area contributed by atoms with Gasteiger partial charge in [-0.3, -0.25) is 4.79 Å². The highest BCUT2D eigenvalue weighted by atomic mass is 79.9. The van der Waals surface area contributed by atoms with Crippen LogP contribution in [0.4, 0.5) is 5.69 Å². The number of benzene rings is 4. The van der Waals surface area contributed by atoms with Crippen molar-refractivity contribution in [3.8, 4) is 17.0 Å². The van der Waals surface area contributed by atoms with Crippen LogP contribution in [-0.2, 0) is 16.1 Å². The lowest BCUT2D eigenvalue weighted by Crippen LogP contribution is -2.21. The monoisotopic (exact) mass is 566 g/mol. The van der Waals surface area contributed by atoms with Gasteiger partial charge in [0.25, 0.3) is 5.91 Å². The van der Waals surface area contributed by atoms with Crippen molar-refractivity contribution in [1.29, 1.82) is 0 Å². The molecule has 0 aliphatic carbocycles. The molecule has 7 heteroatoms. The second-order valence-electron chi connectivity index (χ2n) is 8.50.